The van der Waals surface area contributed by atoms with Gasteiger partial charge < -0.3 is 20.7 Å². The van der Waals surface area contributed by atoms with Crippen molar-refractivity contribution in [3.8, 4) is 0 Å². The van der Waals surface area contributed by atoms with Gasteiger partial charge in [0.15, 0.2) is 0 Å². The van der Waals surface area contributed by atoms with E-state index in [1.165, 1.54) is 0 Å². The van der Waals surface area contributed by atoms with Crippen LogP contribution in [-0.2, 0) is 10.3 Å². The SMILES string of the molecule is CN=C/C(=C\N)c1cc(C2(NC(=O)c3cc(N4CC5CCC(C4)N5C(=O)OC(C)(C)C)ccc3C)CC2)c2cccnc2c1. The molecule has 2 atom stereocenters. The Morgan fingerprint density at radius 2 is 1.84 bits per heavy atom. The van der Waals surface area contributed by atoms with E-state index in [0.29, 0.717) is 18.7 Å². The molecule has 230 valence electrons. The average Bonchev–Trinajstić information content (AvgIpc) is 3.71. The number of anilines is 1. The zero-order valence-corrected chi connectivity index (χ0v) is 26.3. The van der Waals surface area contributed by atoms with Gasteiger partial charge in [0.1, 0.15) is 5.60 Å². The number of aromatic nitrogens is 1. The number of nitrogens with two attached hydrogens (primary N) is 1. The first kappa shape index (κ1) is 29.7. The van der Waals surface area contributed by atoms with Crippen molar-refractivity contribution in [3.05, 3.63) is 77.1 Å². The standard InChI is InChI=1S/C35H42N6O3/c1-22-8-9-25(40-20-26-10-11-27(21-40)41(26)33(43)44-34(2,3)4)17-29(22)32(42)39-35(12-13-35)30-15-23(24(18-36)19-37-5)16-31-28(30)7-6-14-38-31/h6-9,14-19,26-27H,10-13,20-21,36H2,1-5H3,(H,39,42)/b24-18+,37-19?. The third kappa shape index (κ3) is 5.63. The molecule has 9 nitrogen and oxygen atoms in total. The van der Waals surface area contributed by atoms with E-state index >= 15 is 0 Å². The second-order valence-corrected chi connectivity index (χ2v) is 13.3. The van der Waals surface area contributed by atoms with Gasteiger partial charge in [0.25, 0.3) is 5.91 Å². The topological polar surface area (TPSA) is 113 Å². The molecule has 2 unspecified atom stereocenters. The van der Waals surface area contributed by atoms with E-state index in [1.54, 1.807) is 25.7 Å². The fourth-order valence-electron chi connectivity index (χ4n) is 6.75. The third-order valence-corrected chi connectivity index (χ3v) is 9.04. The lowest BCUT2D eigenvalue weighted by Crippen LogP contribution is -2.56. The van der Waals surface area contributed by atoms with Crippen molar-refractivity contribution in [2.45, 2.75) is 76.6 Å². The number of fused-ring (bicyclic) bond motifs is 3. The Morgan fingerprint density at radius 1 is 1.11 bits per heavy atom. The predicted octanol–water partition coefficient (Wildman–Crippen LogP) is 5.55. The van der Waals surface area contributed by atoms with Gasteiger partial charge in [-0.1, -0.05) is 12.1 Å². The number of nitrogens with one attached hydrogen (secondary N) is 1. The zero-order chi connectivity index (χ0) is 31.2. The summed E-state index contributed by atoms with van der Waals surface area (Å²) in [6.07, 6.45) is 8.42. The minimum absolute atomic E-state index is 0.0932. The Balaban J connectivity index is 1.25. The van der Waals surface area contributed by atoms with Crippen molar-refractivity contribution in [2.24, 2.45) is 10.7 Å². The number of piperazine rings is 1. The van der Waals surface area contributed by atoms with Crippen LogP contribution >= 0.6 is 0 Å². The van der Waals surface area contributed by atoms with E-state index in [0.717, 1.165) is 64.5 Å². The molecular formula is C35H42N6O3. The molecule has 1 aliphatic carbocycles. The average molecular weight is 595 g/mol. The first-order chi connectivity index (χ1) is 21.0. The Kier molecular flexibility index (Phi) is 7.59. The van der Waals surface area contributed by atoms with Gasteiger partial charge in [0.05, 0.1) is 23.1 Å². The van der Waals surface area contributed by atoms with Crippen LogP contribution in [0.3, 0.4) is 0 Å². The Labute approximate surface area is 259 Å². The summed E-state index contributed by atoms with van der Waals surface area (Å²) in [5.74, 6) is -0.0932. The normalized spacial score (nSPS) is 21.2. The number of nitrogens with zero attached hydrogens (tertiary/aromatic N) is 4. The van der Waals surface area contributed by atoms with Crippen LogP contribution in [0.25, 0.3) is 16.5 Å². The lowest BCUT2D eigenvalue weighted by atomic mass is 9.93. The van der Waals surface area contributed by atoms with Gasteiger partial charge in [-0.2, -0.15) is 0 Å². The fraction of sp³-hybridized carbons (Fsp3) is 0.429. The maximum Gasteiger partial charge on any atom is 0.410 e. The number of amides is 2. The molecule has 1 saturated carbocycles. The first-order valence-electron chi connectivity index (χ1n) is 15.4. The third-order valence-electron chi connectivity index (χ3n) is 9.04. The molecule has 9 heteroatoms. The number of rotatable bonds is 6. The summed E-state index contributed by atoms with van der Waals surface area (Å²) in [4.78, 5) is 40.0. The van der Waals surface area contributed by atoms with Crippen LogP contribution in [0.4, 0.5) is 10.5 Å². The molecule has 2 aromatic carbocycles. The molecule has 3 N–H and O–H groups in total. The van der Waals surface area contributed by atoms with E-state index in [9.17, 15) is 9.59 Å². The quantitative estimate of drug-likeness (QED) is 0.362. The summed E-state index contributed by atoms with van der Waals surface area (Å²) >= 11 is 0. The highest BCUT2D eigenvalue weighted by atomic mass is 16.6. The summed E-state index contributed by atoms with van der Waals surface area (Å²) in [6.45, 7) is 9.12. The number of carbonyl (C=O) groups is 2. The lowest BCUT2D eigenvalue weighted by molar-refractivity contribution is 0.0123. The second kappa shape index (κ2) is 11.3. The molecule has 0 spiro atoms. The summed E-state index contributed by atoms with van der Waals surface area (Å²) < 4.78 is 5.72. The summed E-state index contributed by atoms with van der Waals surface area (Å²) in [5.41, 5.74) is 11.1. The minimum Gasteiger partial charge on any atom is -0.444 e. The van der Waals surface area contributed by atoms with E-state index < -0.39 is 11.1 Å². The molecule has 2 amide bonds. The number of aliphatic imine (C=N–C) groups is 1. The Hall–Kier alpha value is -4.40. The maximum absolute atomic E-state index is 14.0. The van der Waals surface area contributed by atoms with Crippen molar-refractivity contribution in [1.29, 1.82) is 0 Å². The molecule has 3 fully saturated rings. The summed E-state index contributed by atoms with van der Waals surface area (Å²) in [5, 5.41) is 4.43. The van der Waals surface area contributed by atoms with Gasteiger partial charge in [-0.25, -0.2) is 4.79 Å². The molecule has 3 aliphatic rings. The van der Waals surface area contributed by atoms with Crippen molar-refractivity contribution in [1.82, 2.24) is 15.2 Å². The van der Waals surface area contributed by atoms with Crippen molar-refractivity contribution in [3.63, 3.8) is 0 Å². The van der Waals surface area contributed by atoms with E-state index in [1.807, 2.05) is 56.9 Å². The molecule has 44 heavy (non-hydrogen) atoms. The van der Waals surface area contributed by atoms with E-state index in [4.69, 9.17) is 10.5 Å². The molecule has 3 aromatic rings. The number of pyridine rings is 1. The minimum atomic E-state index is -0.525. The Morgan fingerprint density at radius 3 is 2.48 bits per heavy atom. The molecule has 6 rings (SSSR count). The van der Waals surface area contributed by atoms with E-state index in [2.05, 4.69) is 38.4 Å². The van der Waals surface area contributed by atoms with Gasteiger partial charge in [0.2, 0.25) is 0 Å². The largest absolute Gasteiger partial charge is 0.444 e. The van der Waals surface area contributed by atoms with Gasteiger partial charge in [-0.3, -0.25) is 19.7 Å². The fourth-order valence-corrected chi connectivity index (χ4v) is 6.75. The number of ether oxygens (including phenoxy) is 1. The van der Waals surface area contributed by atoms with Crippen LogP contribution in [0, 0.1) is 6.92 Å². The Bertz CT molecular complexity index is 1650. The number of carbonyl (C=O) groups excluding carboxylic acids is 2. The second-order valence-electron chi connectivity index (χ2n) is 13.3. The molecule has 0 radical (unpaired) electrons. The zero-order valence-electron chi connectivity index (χ0n) is 26.3. The lowest BCUT2D eigenvalue weighted by Gasteiger charge is -2.42. The van der Waals surface area contributed by atoms with Crippen molar-refractivity contribution >= 4 is 40.4 Å². The molecular weight excluding hydrogens is 552 g/mol. The predicted molar refractivity (Wildman–Crippen MR) is 175 cm³/mol. The summed E-state index contributed by atoms with van der Waals surface area (Å²) in [7, 11) is 1.72. The molecule has 2 aliphatic heterocycles. The monoisotopic (exact) mass is 594 g/mol. The maximum atomic E-state index is 14.0. The van der Waals surface area contributed by atoms with Gasteiger partial charge in [-0.05, 0) is 100 Å². The highest BCUT2D eigenvalue weighted by Gasteiger charge is 2.48. The van der Waals surface area contributed by atoms with Crippen LogP contribution in [-0.4, -0.2) is 65.9 Å². The van der Waals surface area contributed by atoms with Crippen LogP contribution in [0.5, 0.6) is 0 Å². The van der Waals surface area contributed by atoms with Crippen molar-refractivity contribution in [2.75, 3.05) is 25.0 Å². The number of aryl methyl sites for hydroxylation is 1. The van der Waals surface area contributed by atoms with Crippen molar-refractivity contribution < 1.29 is 14.3 Å². The number of hydrogen-bond acceptors (Lipinski definition) is 7. The molecule has 3 heterocycles. The van der Waals surface area contributed by atoms with E-state index in [-0.39, 0.29) is 24.1 Å². The van der Waals surface area contributed by atoms with Crippen LogP contribution in [0.1, 0.15) is 73.5 Å². The van der Waals surface area contributed by atoms with Gasteiger partial charge in [-0.15, -0.1) is 0 Å². The highest BCUT2D eigenvalue weighted by molar-refractivity contribution is 6.11. The smallest absolute Gasteiger partial charge is 0.410 e. The molecule has 1 aromatic heterocycles. The number of allylic oxidation sites excluding steroid dienone is 1. The first-order valence-corrected chi connectivity index (χ1v) is 15.4. The van der Waals surface area contributed by atoms with Crippen LogP contribution in [0.15, 0.2) is 59.9 Å². The summed E-state index contributed by atoms with van der Waals surface area (Å²) in [6, 6.07) is 14.4. The van der Waals surface area contributed by atoms with Crippen LogP contribution < -0.4 is 16.0 Å². The van der Waals surface area contributed by atoms with Gasteiger partial charge >= 0.3 is 6.09 Å². The van der Waals surface area contributed by atoms with Crippen LogP contribution in [0.2, 0.25) is 0 Å². The van der Waals surface area contributed by atoms with Gasteiger partial charge in [0, 0.05) is 61.0 Å². The number of hydrogen-bond donors (Lipinski definition) is 2. The molecule has 2 bridgehead atoms. The number of benzene rings is 2. The highest BCUT2D eigenvalue weighted by Crippen LogP contribution is 2.49. The molecule has 2 saturated heterocycles.